The van der Waals surface area contributed by atoms with Gasteiger partial charge in [0.2, 0.25) is 0 Å². The van der Waals surface area contributed by atoms with Gasteiger partial charge in [0.05, 0.1) is 18.4 Å². The number of hydrogen-bond acceptors (Lipinski definition) is 3. The number of hydrogen-bond donors (Lipinski definition) is 2. The lowest BCUT2D eigenvalue weighted by Gasteiger charge is -2.21. The molecule has 1 aliphatic heterocycles. The number of carboxylic acids is 1. The Labute approximate surface area is 155 Å². The van der Waals surface area contributed by atoms with Gasteiger partial charge in [0.1, 0.15) is 0 Å². The van der Waals surface area contributed by atoms with Crippen LogP contribution in [0.15, 0.2) is 30.3 Å². The van der Waals surface area contributed by atoms with Gasteiger partial charge in [-0.25, -0.2) is 4.79 Å². The van der Waals surface area contributed by atoms with E-state index in [1.807, 2.05) is 30.3 Å². The molecule has 1 unspecified atom stereocenters. The van der Waals surface area contributed by atoms with Crippen molar-refractivity contribution in [3.8, 4) is 0 Å². The molecule has 0 aliphatic carbocycles. The SMILES string of the molecule is CC(CCOCc1ccccc1)NC(=O)N1C[C@@H](C(F)(F)F)[C@H](C(=O)O)C1. The normalized spacial score (nSPS) is 21.1. The average molecular weight is 388 g/mol. The molecule has 0 spiro atoms. The van der Waals surface area contributed by atoms with Crippen LogP contribution in [-0.4, -0.2) is 53.9 Å². The van der Waals surface area contributed by atoms with Crippen LogP contribution < -0.4 is 5.32 Å². The lowest BCUT2D eigenvalue weighted by molar-refractivity contribution is -0.187. The molecule has 0 radical (unpaired) electrons. The standard InChI is InChI=1S/C18H23F3N2O4/c1-12(7-8-27-11-13-5-3-2-4-6-13)22-17(26)23-9-14(16(24)25)15(10-23)18(19,20)21/h2-6,12,14-15H,7-11H2,1H3,(H,22,26)(H,24,25)/t12?,14-,15-/m1/s1. The molecular weight excluding hydrogens is 365 g/mol. The summed E-state index contributed by atoms with van der Waals surface area (Å²) in [4.78, 5) is 24.1. The number of ether oxygens (including phenoxy) is 1. The van der Waals surface area contributed by atoms with Crippen molar-refractivity contribution in [2.75, 3.05) is 19.7 Å². The summed E-state index contributed by atoms with van der Waals surface area (Å²) in [5.41, 5.74) is 1.02. The molecule has 1 aromatic carbocycles. The Hall–Kier alpha value is -2.29. The highest BCUT2D eigenvalue weighted by Crippen LogP contribution is 2.37. The van der Waals surface area contributed by atoms with Gasteiger partial charge in [0, 0.05) is 25.7 Å². The molecule has 1 fully saturated rings. The summed E-state index contributed by atoms with van der Waals surface area (Å²) in [5.74, 6) is -5.24. The van der Waals surface area contributed by atoms with E-state index in [-0.39, 0.29) is 6.04 Å². The number of likely N-dealkylation sites (tertiary alicyclic amines) is 1. The van der Waals surface area contributed by atoms with Crippen molar-refractivity contribution in [2.24, 2.45) is 11.8 Å². The minimum Gasteiger partial charge on any atom is -0.481 e. The first-order chi connectivity index (χ1) is 12.7. The van der Waals surface area contributed by atoms with E-state index in [1.54, 1.807) is 6.92 Å². The molecule has 2 rings (SSSR count). The summed E-state index contributed by atoms with van der Waals surface area (Å²) in [5, 5.41) is 11.6. The fourth-order valence-corrected chi connectivity index (χ4v) is 2.95. The van der Waals surface area contributed by atoms with Crippen molar-refractivity contribution in [1.29, 1.82) is 0 Å². The fraction of sp³-hybridized carbons (Fsp3) is 0.556. The second-order valence-corrected chi connectivity index (χ2v) is 6.68. The number of carbonyl (C=O) groups excluding carboxylic acids is 1. The molecule has 2 N–H and O–H groups in total. The van der Waals surface area contributed by atoms with E-state index in [4.69, 9.17) is 9.84 Å². The van der Waals surface area contributed by atoms with Gasteiger partial charge in [-0.05, 0) is 18.9 Å². The minimum atomic E-state index is -4.66. The maximum atomic E-state index is 13.0. The summed E-state index contributed by atoms with van der Waals surface area (Å²) in [6.45, 7) is 1.42. The highest BCUT2D eigenvalue weighted by molar-refractivity contribution is 5.78. The number of carboxylic acid groups (broad SMARTS) is 1. The topological polar surface area (TPSA) is 78.9 Å². The van der Waals surface area contributed by atoms with Crippen molar-refractivity contribution in [3.05, 3.63) is 35.9 Å². The van der Waals surface area contributed by atoms with Crippen molar-refractivity contribution < 1.29 is 32.6 Å². The van der Waals surface area contributed by atoms with Crippen LogP contribution in [0.3, 0.4) is 0 Å². The number of benzene rings is 1. The van der Waals surface area contributed by atoms with Crippen LogP contribution in [-0.2, 0) is 16.1 Å². The molecule has 1 aliphatic rings. The van der Waals surface area contributed by atoms with Crippen molar-refractivity contribution in [3.63, 3.8) is 0 Å². The molecule has 0 aromatic heterocycles. The van der Waals surface area contributed by atoms with Crippen LogP contribution in [0, 0.1) is 11.8 Å². The molecule has 0 bridgehead atoms. The van der Waals surface area contributed by atoms with Crippen LogP contribution in [0.25, 0.3) is 0 Å². The number of nitrogens with one attached hydrogen (secondary N) is 1. The summed E-state index contributed by atoms with van der Waals surface area (Å²) in [7, 11) is 0. The maximum absolute atomic E-state index is 13.0. The highest BCUT2D eigenvalue weighted by atomic mass is 19.4. The predicted molar refractivity (Wildman–Crippen MR) is 91.0 cm³/mol. The monoisotopic (exact) mass is 388 g/mol. The smallest absolute Gasteiger partial charge is 0.394 e. The van der Waals surface area contributed by atoms with E-state index < -0.39 is 43.1 Å². The lowest BCUT2D eigenvalue weighted by atomic mass is 9.96. The van der Waals surface area contributed by atoms with Crippen LogP contribution in [0.1, 0.15) is 18.9 Å². The summed E-state index contributed by atoms with van der Waals surface area (Å²) in [6.07, 6.45) is -4.17. The number of rotatable bonds is 7. The fourth-order valence-electron chi connectivity index (χ4n) is 2.95. The molecule has 150 valence electrons. The van der Waals surface area contributed by atoms with Crippen LogP contribution in [0.4, 0.5) is 18.0 Å². The van der Waals surface area contributed by atoms with E-state index >= 15 is 0 Å². The number of nitrogens with zero attached hydrogens (tertiary/aromatic N) is 1. The number of urea groups is 1. The molecule has 27 heavy (non-hydrogen) atoms. The molecule has 0 saturated carbocycles. The third-order valence-electron chi connectivity index (χ3n) is 4.52. The van der Waals surface area contributed by atoms with E-state index in [9.17, 15) is 22.8 Å². The van der Waals surface area contributed by atoms with E-state index in [1.165, 1.54) is 0 Å². The van der Waals surface area contributed by atoms with E-state index in [0.717, 1.165) is 10.5 Å². The summed E-state index contributed by atoms with van der Waals surface area (Å²) < 4.78 is 44.4. The van der Waals surface area contributed by atoms with E-state index in [2.05, 4.69) is 5.32 Å². The first-order valence-corrected chi connectivity index (χ1v) is 8.65. The zero-order valence-electron chi connectivity index (χ0n) is 14.9. The van der Waals surface area contributed by atoms with Gasteiger partial charge in [-0.1, -0.05) is 30.3 Å². The molecule has 3 atom stereocenters. The van der Waals surface area contributed by atoms with Gasteiger partial charge in [-0.2, -0.15) is 13.2 Å². The Morgan fingerprint density at radius 1 is 1.30 bits per heavy atom. The van der Waals surface area contributed by atoms with Gasteiger partial charge in [0.25, 0.3) is 0 Å². The zero-order chi connectivity index (χ0) is 20.0. The maximum Gasteiger partial charge on any atom is 0.394 e. The minimum absolute atomic E-state index is 0.318. The number of halogens is 3. The van der Waals surface area contributed by atoms with Crippen LogP contribution in [0.5, 0.6) is 0 Å². The largest absolute Gasteiger partial charge is 0.481 e. The second kappa shape index (κ2) is 9.07. The van der Waals surface area contributed by atoms with Gasteiger partial charge >= 0.3 is 18.2 Å². The lowest BCUT2D eigenvalue weighted by Crippen LogP contribution is -2.43. The van der Waals surface area contributed by atoms with Crippen LogP contribution >= 0.6 is 0 Å². The van der Waals surface area contributed by atoms with Gasteiger partial charge in [-0.3, -0.25) is 4.79 Å². The Morgan fingerprint density at radius 3 is 2.52 bits per heavy atom. The van der Waals surface area contributed by atoms with Gasteiger partial charge in [-0.15, -0.1) is 0 Å². The molecule has 2 amide bonds. The third-order valence-corrected chi connectivity index (χ3v) is 4.52. The molecule has 1 saturated heterocycles. The van der Waals surface area contributed by atoms with E-state index in [0.29, 0.717) is 19.6 Å². The molecule has 6 nitrogen and oxygen atoms in total. The van der Waals surface area contributed by atoms with Crippen LogP contribution in [0.2, 0.25) is 0 Å². The number of alkyl halides is 3. The number of carbonyl (C=O) groups is 2. The Bertz CT molecular complexity index is 639. The van der Waals surface area contributed by atoms with Gasteiger partial charge < -0.3 is 20.1 Å². The average Bonchev–Trinajstić information content (AvgIpc) is 3.06. The van der Waals surface area contributed by atoms with Gasteiger partial charge in [0.15, 0.2) is 0 Å². The van der Waals surface area contributed by atoms with Crippen molar-refractivity contribution >= 4 is 12.0 Å². The Morgan fingerprint density at radius 2 is 1.96 bits per heavy atom. The predicted octanol–water partition coefficient (Wildman–Crippen LogP) is 2.89. The highest BCUT2D eigenvalue weighted by Gasteiger charge is 2.53. The Balaban J connectivity index is 1.76. The number of aliphatic carboxylic acids is 1. The zero-order valence-corrected chi connectivity index (χ0v) is 14.9. The second-order valence-electron chi connectivity index (χ2n) is 6.68. The van der Waals surface area contributed by atoms with Crippen molar-refractivity contribution in [1.82, 2.24) is 10.2 Å². The Kier molecular flexibility index (Phi) is 7.06. The van der Waals surface area contributed by atoms with Crippen molar-refractivity contribution in [2.45, 2.75) is 32.2 Å². The molecular formula is C18H23F3N2O4. The summed E-state index contributed by atoms with van der Waals surface area (Å²) in [6, 6.07) is 8.54. The third kappa shape index (κ3) is 6.13. The first kappa shape index (κ1) is 21.0. The molecule has 1 aromatic rings. The summed E-state index contributed by atoms with van der Waals surface area (Å²) >= 11 is 0. The first-order valence-electron chi connectivity index (χ1n) is 8.65. The quantitative estimate of drug-likeness (QED) is 0.704. The molecule has 1 heterocycles. The number of amides is 2. The molecule has 9 heteroatoms.